The molecule has 0 aliphatic carbocycles. The third-order valence-corrected chi connectivity index (χ3v) is 4.77. The van der Waals surface area contributed by atoms with Crippen molar-refractivity contribution in [3.05, 3.63) is 70.8 Å². The van der Waals surface area contributed by atoms with E-state index >= 15 is 0 Å². The van der Waals surface area contributed by atoms with Crippen LogP contribution in [0.4, 0.5) is 4.39 Å². The molecule has 0 amide bonds. The molecule has 0 saturated carbocycles. The van der Waals surface area contributed by atoms with Gasteiger partial charge in [-0.3, -0.25) is 0 Å². The molecule has 0 spiro atoms. The summed E-state index contributed by atoms with van der Waals surface area (Å²) in [6, 6.07) is 12.2. The normalized spacial score (nSPS) is 10.8. The smallest absolute Gasteiger partial charge is 0.210 e. The van der Waals surface area contributed by atoms with Crippen LogP contribution in [-0.4, -0.2) is 14.9 Å². The molecule has 5 nitrogen and oxygen atoms in total. The van der Waals surface area contributed by atoms with Crippen LogP contribution in [0.15, 0.2) is 47.6 Å². The number of ether oxygens (including phenoxy) is 1. The van der Waals surface area contributed by atoms with Crippen LogP contribution in [0.1, 0.15) is 22.5 Å². The number of rotatable bonds is 6. The van der Waals surface area contributed by atoms with Crippen LogP contribution >= 0.6 is 11.8 Å². The SMILES string of the molecule is Cc1ccc(C)c(CSc2nnc(COc3ccc(F)cc3)n2N)c1. The molecule has 130 valence electrons. The number of benzene rings is 2. The molecule has 0 aliphatic rings. The number of nitrogens with two attached hydrogens (primary N) is 1. The summed E-state index contributed by atoms with van der Waals surface area (Å²) < 4.78 is 19.9. The molecule has 0 radical (unpaired) electrons. The van der Waals surface area contributed by atoms with Crippen molar-refractivity contribution in [3.63, 3.8) is 0 Å². The molecule has 7 heteroatoms. The van der Waals surface area contributed by atoms with Crippen LogP contribution in [0.5, 0.6) is 5.75 Å². The topological polar surface area (TPSA) is 66.0 Å². The summed E-state index contributed by atoms with van der Waals surface area (Å²) in [4.78, 5) is 0. The Hall–Kier alpha value is -2.54. The lowest BCUT2D eigenvalue weighted by atomic mass is 10.1. The largest absolute Gasteiger partial charge is 0.486 e. The van der Waals surface area contributed by atoms with Gasteiger partial charge in [0.25, 0.3) is 0 Å². The van der Waals surface area contributed by atoms with E-state index in [4.69, 9.17) is 10.6 Å². The summed E-state index contributed by atoms with van der Waals surface area (Å²) in [6.07, 6.45) is 0. The molecule has 1 heterocycles. The summed E-state index contributed by atoms with van der Waals surface area (Å²) in [5, 5.41) is 8.81. The van der Waals surface area contributed by atoms with Crippen molar-refractivity contribution in [3.8, 4) is 5.75 Å². The van der Waals surface area contributed by atoms with E-state index in [2.05, 4.69) is 42.2 Å². The van der Waals surface area contributed by atoms with Crippen LogP contribution < -0.4 is 10.6 Å². The molecule has 0 bridgehead atoms. The minimum absolute atomic E-state index is 0.166. The standard InChI is InChI=1S/C18H19FN4OS/c1-12-3-4-13(2)14(9-12)11-25-18-22-21-17(23(18)20)10-24-16-7-5-15(19)6-8-16/h3-9H,10-11,20H2,1-2H3. The zero-order chi connectivity index (χ0) is 17.8. The summed E-state index contributed by atoms with van der Waals surface area (Å²) in [6.45, 7) is 4.33. The molecule has 2 aromatic carbocycles. The van der Waals surface area contributed by atoms with Crippen LogP contribution in [0, 0.1) is 19.7 Å². The van der Waals surface area contributed by atoms with Gasteiger partial charge in [0.05, 0.1) is 0 Å². The Labute approximate surface area is 150 Å². The number of hydrogen-bond acceptors (Lipinski definition) is 5. The molecule has 0 atom stereocenters. The van der Waals surface area contributed by atoms with Gasteiger partial charge in [-0.2, -0.15) is 0 Å². The first-order chi connectivity index (χ1) is 12.0. The quantitative estimate of drug-likeness (QED) is 0.538. The van der Waals surface area contributed by atoms with Crippen molar-refractivity contribution in [2.45, 2.75) is 31.4 Å². The highest BCUT2D eigenvalue weighted by Crippen LogP contribution is 2.23. The first-order valence-corrected chi connectivity index (χ1v) is 8.78. The lowest BCUT2D eigenvalue weighted by Crippen LogP contribution is -2.15. The molecule has 0 aliphatic heterocycles. The Morgan fingerprint density at radius 2 is 1.88 bits per heavy atom. The summed E-state index contributed by atoms with van der Waals surface area (Å²) >= 11 is 1.53. The predicted molar refractivity (Wildman–Crippen MR) is 96.4 cm³/mol. The second kappa shape index (κ2) is 7.57. The summed E-state index contributed by atoms with van der Waals surface area (Å²) in [5.41, 5.74) is 3.71. The van der Waals surface area contributed by atoms with Gasteiger partial charge in [-0.05, 0) is 49.2 Å². The van der Waals surface area contributed by atoms with Crippen LogP contribution in [-0.2, 0) is 12.4 Å². The van der Waals surface area contributed by atoms with E-state index in [0.717, 1.165) is 5.75 Å². The van der Waals surface area contributed by atoms with Crippen molar-refractivity contribution in [2.24, 2.45) is 0 Å². The molecule has 1 aromatic heterocycles. The van der Waals surface area contributed by atoms with E-state index < -0.39 is 0 Å². The number of halogens is 1. The maximum atomic E-state index is 12.9. The van der Waals surface area contributed by atoms with Crippen molar-refractivity contribution in [1.82, 2.24) is 14.9 Å². The Balaban J connectivity index is 1.62. The lowest BCUT2D eigenvalue weighted by Gasteiger charge is -2.08. The second-order valence-corrected chi connectivity index (χ2v) is 6.67. The van der Waals surface area contributed by atoms with Gasteiger partial charge < -0.3 is 10.6 Å². The Morgan fingerprint density at radius 1 is 1.12 bits per heavy atom. The third kappa shape index (κ3) is 4.30. The fraction of sp³-hybridized carbons (Fsp3) is 0.222. The monoisotopic (exact) mass is 358 g/mol. The zero-order valence-corrected chi connectivity index (χ0v) is 14.9. The average Bonchev–Trinajstić information content (AvgIpc) is 2.95. The zero-order valence-electron chi connectivity index (χ0n) is 14.1. The van der Waals surface area contributed by atoms with Gasteiger partial charge in [0, 0.05) is 5.75 Å². The maximum Gasteiger partial charge on any atom is 0.210 e. The Kier molecular flexibility index (Phi) is 5.23. The molecule has 25 heavy (non-hydrogen) atoms. The van der Waals surface area contributed by atoms with E-state index in [0.29, 0.717) is 16.7 Å². The molecular weight excluding hydrogens is 339 g/mol. The van der Waals surface area contributed by atoms with Crippen LogP contribution in [0.2, 0.25) is 0 Å². The number of thioether (sulfide) groups is 1. The Bertz CT molecular complexity index is 864. The van der Waals surface area contributed by atoms with E-state index in [9.17, 15) is 4.39 Å². The molecule has 0 saturated heterocycles. The molecule has 3 rings (SSSR count). The van der Waals surface area contributed by atoms with E-state index in [1.807, 2.05) is 0 Å². The molecule has 2 N–H and O–H groups in total. The highest BCUT2D eigenvalue weighted by atomic mass is 32.2. The number of hydrogen-bond donors (Lipinski definition) is 1. The summed E-state index contributed by atoms with van der Waals surface area (Å²) in [7, 11) is 0. The van der Waals surface area contributed by atoms with E-state index in [-0.39, 0.29) is 12.4 Å². The van der Waals surface area contributed by atoms with Gasteiger partial charge >= 0.3 is 0 Å². The molecule has 0 unspecified atom stereocenters. The molecular formula is C18H19FN4OS. The minimum atomic E-state index is -0.306. The van der Waals surface area contributed by atoms with Gasteiger partial charge in [0.15, 0.2) is 5.82 Å². The lowest BCUT2D eigenvalue weighted by molar-refractivity contribution is 0.291. The number of aromatic nitrogens is 3. The second-order valence-electron chi connectivity index (χ2n) is 5.73. The van der Waals surface area contributed by atoms with Gasteiger partial charge in [-0.1, -0.05) is 35.5 Å². The fourth-order valence-electron chi connectivity index (χ4n) is 2.28. The van der Waals surface area contributed by atoms with Crippen LogP contribution in [0.3, 0.4) is 0 Å². The maximum absolute atomic E-state index is 12.9. The summed E-state index contributed by atoms with van der Waals surface area (Å²) in [5.74, 6) is 7.57. The van der Waals surface area contributed by atoms with Crippen molar-refractivity contribution in [2.75, 3.05) is 5.84 Å². The molecule has 0 fully saturated rings. The van der Waals surface area contributed by atoms with Gasteiger partial charge in [-0.15, -0.1) is 10.2 Å². The average molecular weight is 358 g/mol. The first-order valence-electron chi connectivity index (χ1n) is 7.79. The van der Waals surface area contributed by atoms with E-state index in [1.54, 1.807) is 12.1 Å². The predicted octanol–water partition coefficient (Wildman–Crippen LogP) is 3.62. The minimum Gasteiger partial charge on any atom is -0.486 e. The van der Waals surface area contributed by atoms with E-state index in [1.165, 1.54) is 45.3 Å². The number of nitrogen functional groups attached to an aromatic ring is 1. The fourth-order valence-corrected chi connectivity index (χ4v) is 3.22. The van der Waals surface area contributed by atoms with Crippen molar-refractivity contribution >= 4 is 11.8 Å². The number of nitrogens with zero attached hydrogens (tertiary/aromatic N) is 3. The Morgan fingerprint density at radius 3 is 2.64 bits per heavy atom. The van der Waals surface area contributed by atoms with Crippen molar-refractivity contribution in [1.29, 1.82) is 0 Å². The first kappa shape index (κ1) is 17.3. The third-order valence-electron chi connectivity index (χ3n) is 3.78. The molecule has 3 aromatic rings. The highest BCUT2D eigenvalue weighted by Gasteiger charge is 2.12. The highest BCUT2D eigenvalue weighted by molar-refractivity contribution is 7.98. The van der Waals surface area contributed by atoms with Gasteiger partial charge in [0.1, 0.15) is 18.2 Å². The number of aryl methyl sites for hydroxylation is 2. The van der Waals surface area contributed by atoms with Gasteiger partial charge in [-0.25, -0.2) is 9.07 Å². The van der Waals surface area contributed by atoms with Crippen molar-refractivity contribution < 1.29 is 9.13 Å². The van der Waals surface area contributed by atoms with Gasteiger partial charge in [0.2, 0.25) is 5.16 Å². The van der Waals surface area contributed by atoms with Crippen LogP contribution in [0.25, 0.3) is 0 Å².